The third-order valence-corrected chi connectivity index (χ3v) is 4.70. The molecule has 1 aliphatic heterocycles. The Labute approximate surface area is 131 Å². The molecule has 0 aromatic carbocycles. The van der Waals surface area contributed by atoms with Gasteiger partial charge in [0.2, 0.25) is 0 Å². The molecular weight excluding hydrogens is 306 g/mol. The Balaban J connectivity index is 1.76. The van der Waals surface area contributed by atoms with Crippen molar-refractivity contribution in [1.82, 2.24) is 14.8 Å². The summed E-state index contributed by atoms with van der Waals surface area (Å²) in [6, 6.07) is 1.80. The zero-order valence-corrected chi connectivity index (χ0v) is 12.7. The van der Waals surface area contributed by atoms with Gasteiger partial charge in [-0.15, -0.1) is 11.8 Å². The molecule has 0 amide bonds. The van der Waals surface area contributed by atoms with Gasteiger partial charge in [-0.25, -0.2) is 0 Å². The Morgan fingerprint density at radius 3 is 2.73 bits per heavy atom. The van der Waals surface area contributed by atoms with E-state index >= 15 is 0 Å². The third-order valence-electron chi connectivity index (χ3n) is 3.46. The molecule has 22 heavy (non-hydrogen) atoms. The van der Waals surface area contributed by atoms with Crippen LogP contribution in [0.15, 0.2) is 30.9 Å². The maximum Gasteiger partial charge on any atom is 0.173 e. The van der Waals surface area contributed by atoms with Crippen molar-refractivity contribution in [1.29, 1.82) is 0 Å². The monoisotopic (exact) mass is 323 g/mol. The molecule has 0 spiro atoms. The smallest absolute Gasteiger partial charge is 0.173 e. The van der Waals surface area contributed by atoms with Crippen molar-refractivity contribution in [2.45, 2.75) is 23.7 Å². The Hall–Kier alpha value is -1.61. The molecular formula is C14H17N3O4S. The predicted molar refractivity (Wildman–Crippen MR) is 81.3 cm³/mol. The van der Waals surface area contributed by atoms with E-state index in [0.29, 0.717) is 11.5 Å². The maximum absolute atomic E-state index is 9.97. The first-order valence-corrected chi connectivity index (χ1v) is 7.86. The number of nitrogens with zero attached hydrogens (tertiary/aromatic N) is 3. The number of aliphatic hydroxyl groups excluding tert-OH is 3. The molecule has 7 nitrogen and oxygen atoms in total. The maximum atomic E-state index is 9.97. The summed E-state index contributed by atoms with van der Waals surface area (Å²) in [6.45, 7) is 0. The van der Waals surface area contributed by atoms with Crippen molar-refractivity contribution in [2.75, 3.05) is 5.75 Å². The molecule has 8 heteroatoms. The van der Waals surface area contributed by atoms with E-state index in [4.69, 9.17) is 4.74 Å². The van der Waals surface area contributed by atoms with Gasteiger partial charge in [0, 0.05) is 36.3 Å². The van der Waals surface area contributed by atoms with Gasteiger partial charge in [0.25, 0.3) is 0 Å². The molecule has 0 radical (unpaired) electrons. The minimum absolute atomic E-state index is 0.304. The molecule has 3 N–H and O–H groups in total. The number of thioether (sulfide) groups is 1. The van der Waals surface area contributed by atoms with E-state index in [2.05, 4.69) is 10.1 Å². The quantitative estimate of drug-likeness (QED) is 0.732. The molecule has 1 saturated heterocycles. The summed E-state index contributed by atoms with van der Waals surface area (Å²) in [7, 11) is 1.83. The van der Waals surface area contributed by atoms with Crippen LogP contribution in [0.3, 0.4) is 0 Å². The first-order chi connectivity index (χ1) is 10.5. The second kappa shape index (κ2) is 6.25. The zero-order chi connectivity index (χ0) is 15.7. The minimum Gasteiger partial charge on any atom is -0.475 e. The topological polar surface area (TPSA) is 101 Å². The first kappa shape index (κ1) is 15.3. The lowest BCUT2D eigenvalue weighted by atomic mass is 10.1. The van der Waals surface area contributed by atoms with Gasteiger partial charge < -0.3 is 20.1 Å². The van der Waals surface area contributed by atoms with Gasteiger partial charge in [-0.3, -0.25) is 9.67 Å². The predicted octanol–water partition coefficient (Wildman–Crippen LogP) is 0.0165. The number of pyridine rings is 1. The number of aromatic nitrogens is 3. The van der Waals surface area contributed by atoms with E-state index in [1.54, 1.807) is 29.3 Å². The average molecular weight is 323 g/mol. The molecule has 2 aromatic heterocycles. The number of ether oxygens (including phenoxy) is 1. The summed E-state index contributed by atoms with van der Waals surface area (Å²) in [5.74, 6) is 0.792. The fourth-order valence-corrected chi connectivity index (χ4v) is 3.35. The highest BCUT2D eigenvalue weighted by molar-refractivity contribution is 7.99. The second-order valence-corrected chi connectivity index (χ2v) is 6.31. The lowest BCUT2D eigenvalue weighted by Crippen LogP contribution is -2.50. The van der Waals surface area contributed by atoms with E-state index in [9.17, 15) is 15.3 Å². The van der Waals surface area contributed by atoms with Crippen molar-refractivity contribution < 1.29 is 20.1 Å². The van der Waals surface area contributed by atoms with Crippen molar-refractivity contribution in [2.24, 2.45) is 7.05 Å². The Morgan fingerprint density at radius 2 is 2.00 bits per heavy atom. The summed E-state index contributed by atoms with van der Waals surface area (Å²) in [4.78, 5) is 4.13. The Morgan fingerprint density at radius 1 is 1.18 bits per heavy atom. The van der Waals surface area contributed by atoms with Crippen molar-refractivity contribution in [3.63, 3.8) is 0 Å². The first-order valence-electron chi connectivity index (χ1n) is 6.81. The van der Waals surface area contributed by atoms with Crippen LogP contribution in [0, 0.1) is 0 Å². The van der Waals surface area contributed by atoms with Crippen LogP contribution in [-0.2, 0) is 7.05 Å². The molecule has 2 aromatic rings. The minimum atomic E-state index is -1.21. The van der Waals surface area contributed by atoms with Crippen molar-refractivity contribution in [3.05, 3.63) is 30.9 Å². The van der Waals surface area contributed by atoms with Gasteiger partial charge in [-0.05, 0) is 6.07 Å². The van der Waals surface area contributed by atoms with Crippen LogP contribution >= 0.6 is 11.8 Å². The summed E-state index contributed by atoms with van der Waals surface area (Å²) >= 11 is 1.26. The summed E-state index contributed by atoms with van der Waals surface area (Å²) < 4.78 is 7.40. The molecule has 1 fully saturated rings. The molecule has 118 valence electrons. The standard InChI is InChI=1S/C14H17N3O4S/c1-17-6-9(4-16-17)8-2-10(5-15-3-8)21-14-13(20)12(19)11(18)7-22-14/h2-6,11-14,18-20H,7H2,1H3/t11-,12+,13-,14-/m1/s1. The van der Waals surface area contributed by atoms with Crippen molar-refractivity contribution in [3.8, 4) is 16.9 Å². The number of hydrogen-bond donors (Lipinski definition) is 3. The second-order valence-electron chi connectivity index (χ2n) is 5.18. The highest BCUT2D eigenvalue weighted by Crippen LogP contribution is 2.30. The molecule has 0 unspecified atom stereocenters. The Kier molecular flexibility index (Phi) is 4.34. The fourth-order valence-electron chi connectivity index (χ4n) is 2.23. The molecule has 3 rings (SSSR count). The lowest BCUT2D eigenvalue weighted by molar-refractivity contribution is -0.0786. The van der Waals surface area contributed by atoms with E-state index in [1.165, 1.54) is 11.8 Å². The van der Waals surface area contributed by atoms with Crippen LogP contribution in [0.25, 0.3) is 11.1 Å². The SMILES string of the molecule is Cn1cc(-c2cncc(O[C@@H]3SC[C@@H](O)[C@H](O)[C@H]3O)c2)cn1. The molecule has 0 aliphatic carbocycles. The number of hydrogen-bond acceptors (Lipinski definition) is 7. The molecule has 3 heterocycles. The highest BCUT2D eigenvalue weighted by Gasteiger charge is 2.38. The fraction of sp³-hybridized carbons (Fsp3) is 0.429. The van der Waals surface area contributed by atoms with Crippen LogP contribution in [0.4, 0.5) is 0 Å². The number of aryl methyl sites for hydroxylation is 1. The van der Waals surface area contributed by atoms with Crippen LogP contribution in [0.2, 0.25) is 0 Å². The van der Waals surface area contributed by atoms with Crippen molar-refractivity contribution >= 4 is 11.8 Å². The van der Waals surface area contributed by atoms with Gasteiger partial charge in [0.15, 0.2) is 5.44 Å². The van der Waals surface area contributed by atoms with E-state index < -0.39 is 23.7 Å². The third kappa shape index (κ3) is 3.09. The van der Waals surface area contributed by atoms with E-state index in [0.717, 1.165) is 11.1 Å². The molecule has 0 bridgehead atoms. The summed E-state index contributed by atoms with van der Waals surface area (Å²) in [5, 5.41) is 33.3. The Bertz CT molecular complexity index is 651. The largest absolute Gasteiger partial charge is 0.475 e. The van der Waals surface area contributed by atoms with Gasteiger partial charge >= 0.3 is 0 Å². The normalized spacial score (nSPS) is 28.5. The summed E-state index contributed by atoms with van der Waals surface area (Å²) in [6.07, 6.45) is 3.53. The lowest BCUT2D eigenvalue weighted by Gasteiger charge is -2.34. The van der Waals surface area contributed by atoms with Gasteiger partial charge in [0.05, 0.1) is 18.5 Å². The van der Waals surface area contributed by atoms with Crippen LogP contribution < -0.4 is 4.74 Å². The number of rotatable bonds is 3. The summed E-state index contributed by atoms with van der Waals surface area (Å²) in [5.41, 5.74) is 1.11. The molecule has 0 saturated carbocycles. The van der Waals surface area contributed by atoms with Gasteiger partial charge in [-0.1, -0.05) is 0 Å². The van der Waals surface area contributed by atoms with Crippen LogP contribution in [-0.4, -0.2) is 59.6 Å². The van der Waals surface area contributed by atoms with Crippen LogP contribution in [0.5, 0.6) is 5.75 Å². The average Bonchev–Trinajstić information content (AvgIpc) is 2.95. The van der Waals surface area contributed by atoms with Crippen LogP contribution in [0.1, 0.15) is 0 Å². The van der Waals surface area contributed by atoms with Gasteiger partial charge in [0.1, 0.15) is 18.0 Å². The molecule has 1 aliphatic rings. The van der Waals surface area contributed by atoms with E-state index in [-0.39, 0.29) is 0 Å². The van der Waals surface area contributed by atoms with Gasteiger partial charge in [-0.2, -0.15) is 5.10 Å². The molecule has 4 atom stereocenters. The zero-order valence-electron chi connectivity index (χ0n) is 11.9. The van der Waals surface area contributed by atoms with E-state index in [1.807, 2.05) is 13.2 Å². The number of aliphatic hydroxyl groups is 3. The highest BCUT2D eigenvalue weighted by atomic mass is 32.2.